The summed E-state index contributed by atoms with van der Waals surface area (Å²) in [6.07, 6.45) is 2.09. The Morgan fingerprint density at radius 3 is 2.83 bits per heavy atom. The molecule has 1 fully saturated rings. The first-order chi connectivity index (χ1) is 8.56. The van der Waals surface area contributed by atoms with Crippen molar-refractivity contribution in [3.8, 4) is 0 Å². The Hall–Kier alpha value is -1.00. The van der Waals surface area contributed by atoms with Crippen LogP contribution in [0.2, 0.25) is 0 Å². The Balaban J connectivity index is 2.00. The highest BCUT2D eigenvalue weighted by atomic mass is 19.1. The van der Waals surface area contributed by atoms with E-state index in [1.54, 1.807) is 0 Å². The van der Waals surface area contributed by atoms with E-state index in [1.165, 1.54) is 12.1 Å². The van der Waals surface area contributed by atoms with Crippen molar-refractivity contribution in [1.29, 1.82) is 0 Å². The lowest BCUT2D eigenvalue weighted by atomic mass is 10.0. The Kier molecular flexibility index (Phi) is 4.30. The SMILES string of the molecule is CC1CC(NC(C)c2ccc(F)cc2F)CCO1. The van der Waals surface area contributed by atoms with Gasteiger partial charge in [0.2, 0.25) is 0 Å². The van der Waals surface area contributed by atoms with Gasteiger partial charge in [-0.3, -0.25) is 0 Å². The third kappa shape index (κ3) is 3.27. The van der Waals surface area contributed by atoms with Crippen LogP contribution in [0.5, 0.6) is 0 Å². The summed E-state index contributed by atoms with van der Waals surface area (Å²) in [5.41, 5.74) is 0.510. The first-order valence-electron chi connectivity index (χ1n) is 6.39. The first kappa shape index (κ1) is 13.4. The van der Waals surface area contributed by atoms with Crippen LogP contribution in [0.15, 0.2) is 18.2 Å². The topological polar surface area (TPSA) is 21.3 Å². The van der Waals surface area contributed by atoms with E-state index in [4.69, 9.17) is 4.74 Å². The molecule has 1 saturated heterocycles. The van der Waals surface area contributed by atoms with Gasteiger partial charge in [-0.05, 0) is 32.8 Å². The summed E-state index contributed by atoms with van der Waals surface area (Å²) in [6.45, 7) is 4.67. The number of halogens is 2. The molecular formula is C14H19F2NO. The van der Waals surface area contributed by atoms with Crippen molar-refractivity contribution in [2.75, 3.05) is 6.61 Å². The van der Waals surface area contributed by atoms with E-state index in [-0.39, 0.29) is 12.1 Å². The van der Waals surface area contributed by atoms with Gasteiger partial charge in [-0.25, -0.2) is 8.78 Å². The highest BCUT2D eigenvalue weighted by molar-refractivity contribution is 5.21. The monoisotopic (exact) mass is 255 g/mol. The molecule has 1 aliphatic rings. The van der Waals surface area contributed by atoms with Crippen molar-refractivity contribution in [3.05, 3.63) is 35.4 Å². The van der Waals surface area contributed by atoms with Crippen molar-refractivity contribution in [1.82, 2.24) is 5.32 Å². The molecular weight excluding hydrogens is 236 g/mol. The van der Waals surface area contributed by atoms with Crippen LogP contribution in [0.4, 0.5) is 8.78 Å². The molecule has 1 N–H and O–H groups in total. The number of benzene rings is 1. The predicted molar refractivity (Wildman–Crippen MR) is 66.3 cm³/mol. The summed E-state index contributed by atoms with van der Waals surface area (Å²) in [5, 5.41) is 3.38. The van der Waals surface area contributed by atoms with Crippen LogP contribution < -0.4 is 5.32 Å². The van der Waals surface area contributed by atoms with Gasteiger partial charge in [0.25, 0.3) is 0 Å². The molecule has 1 aromatic carbocycles. The Bertz CT molecular complexity index is 411. The molecule has 0 aromatic heterocycles. The van der Waals surface area contributed by atoms with Crippen molar-refractivity contribution in [2.24, 2.45) is 0 Å². The first-order valence-corrected chi connectivity index (χ1v) is 6.39. The van der Waals surface area contributed by atoms with Gasteiger partial charge in [0.05, 0.1) is 6.10 Å². The highest BCUT2D eigenvalue weighted by Crippen LogP contribution is 2.21. The minimum Gasteiger partial charge on any atom is -0.378 e. The van der Waals surface area contributed by atoms with E-state index in [0.717, 1.165) is 25.5 Å². The summed E-state index contributed by atoms with van der Waals surface area (Å²) in [6, 6.07) is 3.93. The Morgan fingerprint density at radius 2 is 2.17 bits per heavy atom. The molecule has 0 bridgehead atoms. The summed E-state index contributed by atoms with van der Waals surface area (Å²) >= 11 is 0. The third-order valence-electron chi connectivity index (χ3n) is 3.40. The maximum atomic E-state index is 13.6. The minimum absolute atomic E-state index is 0.124. The Labute approximate surface area is 106 Å². The Morgan fingerprint density at radius 1 is 1.39 bits per heavy atom. The number of ether oxygens (including phenoxy) is 1. The molecule has 100 valence electrons. The lowest BCUT2D eigenvalue weighted by Crippen LogP contribution is -2.39. The molecule has 3 atom stereocenters. The van der Waals surface area contributed by atoms with Crippen molar-refractivity contribution < 1.29 is 13.5 Å². The van der Waals surface area contributed by atoms with Gasteiger partial charge < -0.3 is 10.1 Å². The van der Waals surface area contributed by atoms with Crippen LogP contribution in [0.3, 0.4) is 0 Å². The molecule has 1 aromatic rings. The number of hydrogen-bond acceptors (Lipinski definition) is 2. The normalized spacial score (nSPS) is 26.0. The van der Waals surface area contributed by atoms with Crippen LogP contribution in [0.1, 0.15) is 38.3 Å². The van der Waals surface area contributed by atoms with Crippen LogP contribution in [0, 0.1) is 11.6 Å². The largest absolute Gasteiger partial charge is 0.378 e. The van der Waals surface area contributed by atoms with Gasteiger partial charge in [-0.2, -0.15) is 0 Å². The van der Waals surface area contributed by atoms with E-state index < -0.39 is 11.6 Å². The van der Waals surface area contributed by atoms with E-state index in [1.807, 2.05) is 13.8 Å². The second-order valence-electron chi connectivity index (χ2n) is 4.96. The average Bonchev–Trinajstić information content (AvgIpc) is 2.28. The average molecular weight is 255 g/mol. The molecule has 1 heterocycles. The summed E-state index contributed by atoms with van der Waals surface area (Å²) in [4.78, 5) is 0. The smallest absolute Gasteiger partial charge is 0.130 e. The van der Waals surface area contributed by atoms with E-state index in [9.17, 15) is 8.78 Å². The van der Waals surface area contributed by atoms with Crippen molar-refractivity contribution in [2.45, 2.75) is 44.9 Å². The van der Waals surface area contributed by atoms with Crippen LogP contribution >= 0.6 is 0 Å². The molecule has 1 aliphatic heterocycles. The maximum Gasteiger partial charge on any atom is 0.130 e. The van der Waals surface area contributed by atoms with Gasteiger partial charge in [0.15, 0.2) is 0 Å². The second kappa shape index (κ2) is 5.76. The molecule has 0 saturated carbocycles. The van der Waals surface area contributed by atoms with Crippen molar-refractivity contribution in [3.63, 3.8) is 0 Å². The van der Waals surface area contributed by atoms with Gasteiger partial charge >= 0.3 is 0 Å². The minimum atomic E-state index is -0.539. The predicted octanol–water partition coefficient (Wildman–Crippen LogP) is 3.18. The summed E-state index contributed by atoms with van der Waals surface area (Å²) in [5.74, 6) is -1.03. The fourth-order valence-electron chi connectivity index (χ4n) is 2.45. The standard InChI is InChI=1S/C14H19F2NO/c1-9-7-12(5-6-18-9)17-10(2)13-4-3-11(15)8-14(13)16/h3-4,8-10,12,17H,5-7H2,1-2H3. The molecule has 3 unspecified atom stereocenters. The van der Waals surface area contributed by atoms with Gasteiger partial charge in [0, 0.05) is 30.3 Å². The maximum absolute atomic E-state index is 13.6. The summed E-state index contributed by atoms with van der Waals surface area (Å²) < 4.78 is 31.9. The fourth-order valence-corrected chi connectivity index (χ4v) is 2.45. The zero-order valence-electron chi connectivity index (χ0n) is 10.7. The molecule has 2 rings (SSSR count). The van der Waals surface area contributed by atoms with Gasteiger partial charge in [0.1, 0.15) is 11.6 Å². The lowest BCUT2D eigenvalue weighted by molar-refractivity contribution is 0.0115. The quantitative estimate of drug-likeness (QED) is 0.895. The molecule has 0 radical (unpaired) electrons. The molecule has 0 aliphatic carbocycles. The molecule has 2 nitrogen and oxygen atoms in total. The van der Waals surface area contributed by atoms with E-state index in [2.05, 4.69) is 5.32 Å². The lowest BCUT2D eigenvalue weighted by Gasteiger charge is -2.30. The zero-order chi connectivity index (χ0) is 13.1. The third-order valence-corrected chi connectivity index (χ3v) is 3.40. The van der Waals surface area contributed by atoms with E-state index >= 15 is 0 Å². The number of nitrogens with one attached hydrogen (secondary N) is 1. The van der Waals surface area contributed by atoms with Crippen molar-refractivity contribution >= 4 is 0 Å². The highest BCUT2D eigenvalue weighted by Gasteiger charge is 2.22. The summed E-state index contributed by atoms with van der Waals surface area (Å²) in [7, 11) is 0. The molecule has 0 amide bonds. The second-order valence-corrected chi connectivity index (χ2v) is 4.96. The van der Waals surface area contributed by atoms with Crippen LogP contribution in [0.25, 0.3) is 0 Å². The van der Waals surface area contributed by atoms with Gasteiger partial charge in [-0.15, -0.1) is 0 Å². The van der Waals surface area contributed by atoms with Crippen LogP contribution in [-0.2, 0) is 4.74 Å². The number of rotatable bonds is 3. The van der Waals surface area contributed by atoms with Crippen LogP contribution in [-0.4, -0.2) is 18.8 Å². The number of hydrogen-bond donors (Lipinski definition) is 1. The zero-order valence-corrected chi connectivity index (χ0v) is 10.7. The van der Waals surface area contributed by atoms with Gasteiger partial charge in [-0.1, -0.05) is 6.07 Å². The fraction of sp³-hybridized carbons (Fsp3) is 0.571. The molecule has 4 heteroatoms. The van der Waals surface area contributed by atoms with E-state index in [0.29, 0.717) is 11.6 Å². The molecule has 18 heavy (non-hydrogen) atoms. The molecule has 0 spiro atoms.